The highest BCUT2D eigenvalue weighted by Crippen LogP contribution is 2.04. The number of hydrogen-bond donors (Lipinski definition) is 0. The SMILES string of the molecule is CCCCC=CCC/C=C\CCCCCC. The molecule has 0 aliphatic heterocycles. The smallest absolute Gasteiger partial charge is 0.0316 e. The van der Waals surface area contributed by atoms with Gasteiger partial charge in [0.05, 0.1) is 0 Å². The van der Waals surface area contributed by atoms with Crippen LogP contribution in [0.1, 0.15) is 78.1 Å². The molecule has 0 bridgehead atoms. The van der Waals surface area contributed by atoms with Crippen LogP contribution in [0, 0.1) is 0 Å². The first-order chi connectivity index (χ1) is 7.91. The zero-order chi connectivity index (χ0) is 11.9. The maximum Gasteiger partial charge on any atom is -0.0316 e. The van der Waals surface area contributed by atoms with Crippen LogP contribution < -0.4 is 0 Å². The summed E-state index contributed by atoms with van der Waals surface area (Å²) in [6.45, 7) is 4.51. The minimum Gasteiger partial charge on any atom is -0.0885 e. The van der Waals surface area contributed by atoms with Crippen molar-refractivity contribution < 1.29 is 0 Å². The third kappa shape index (κ3) is 13.5. The van der Waals surface area contributed by atoms with Crippen molar-refractivity contribution in [2.24, 2.45) is 0 Å². The van der Waals surface area contributed by atoms with Crippen molar-refractivity contribution >= 4 is 0 Å². The molecule has 0 aliphatic carbocycles. The Hall–Kier alpha value is -0.520. The van der Waals surface area contributed by atoms with Crippen LogP contribution in [-0.4, -0.2) is 0 Å². The van der Waals surface area contributed by atoms with Gasteiger partial charge in [0, 0.05) is 0 Å². The quantitative estimate of drug-likeness (QED) is 0.295. The predicted octanol–water partition coefficient (Wildman–Crippen LogP) is 6.04. The molecular weight excluding hydrogens is 192 g/mol. The summed E-state index contributed by atoms with van der Waals surface area (Å²) in [5, 5.41) is 0. The minimum absolute atomic E-state index is 1.22. The molecule has 0 heteroatoms. The molecule has 0 saturated carbocycles. The molecule has 0 unspecified atom stereocenters. The molecule has 0 amide bonds. The Bertz CT molecular complexity index is 165. The summed E-state index contributed by atoms with van der Waals surface area (Å²) in [6, 6.07) is 0. The van der Waals surface area contributed by atoms with Gasteiger partial charge < -0.3 is 0 Å². The van der Waals surface area contributed by atoms with Gasteiger partial charge in [-0.25, -0.2) is 0 Å². The topological polar surface area (TPSA) is 0 Å². The lowest BCUT2D eigenvalue weighted by Crippen LogP contribution is -1.74. The van der Waals surface area contributed by atoms with Gasteiger partial charge in [-0.05, 0) is 32.1 Å². The Morgan fingerprint density at radius 1 is 0.500 bits per heavy atom. The fourth-order valence-electron chi connectivity index (χ4n) is 1.67. The summed E-state index contributed by atoms with van der Waals surface area (Å²) >= 11 is 0. The van der Waals surface area contributed by atoms with E-state index in [-0.39, 0.29) is 0 Å². The monoisotopic (exact) mass is 222 g/mol. The van der Waals surface area contributed by atoms with Crippen molar-refractivity contribution in [1.82, 2.24) is 0 Å². The van der Waals surface area contributed by atoms with E-state index in [1.165, 1.54) is 64.2 Å². The van der Waals surface area contributed by atoms with Crippen molar-refractivity contribution in [2.45, 2.75) is 78.1 Å². The first kappa shape index (κ1) is 15.5. The van der Waals surface area contributed by atoms with Crippen LogP contribution in [0.25, 0.3) is 0 Å². The van der Waals surface area contributed by atoms with E-state index in [2.05, 4.69) is 38.2 Å². The fourth-order valence-corrected chi connectivity index (χ4v) is 1.67. The lowest BCUT2D eigenvalue weighted by molar-refractivity contribution is 0.674. The third-order valence-electron chi connectivity index (χ3n) is 2.78. The Morgan fingerprint density at radius 3 is 1.56 bits per heavy atom. The van der Waals surface area contributed by atoms with E-state index in [0.717, 1.165) is 0 Å². The molecule has 0 saturated heterocycles. The summed E-state index contributed by atoms with van der Waals surface area (Å²) in [5.74, 6) is 0. The van der Waals surface area contributed by atoms with E-state index in [4.69, 9.17) is 0 Å². The van der Waals surface area contributed by atoms with Gasteiger partial charge in [-0.1, -0.05) is 70.3 Å². The molecule has 0 radical (unpaired) electrons. The summed E-state index contributed by atoms with van der Waals surface area (Å²) in [7, 11) is 0. The van der Waals surface area contributed by atoms with E-state index in [1.54, 1.807) is 0 Å². The fraction of sp³-hybridized carbons (Fsp3) is 0.750. The minimum atomic E-state index is 1.22. The van der Waals surface area contributed by atoms with Crippen LogP contribution in [0.4, 0.5) is 0 Å². The summed E-state index contributed by atoms with van der Waals surface area (Å²) in [6.07, 6.45) is 22.5. The van der Waals surface area contributed by atoms with Gasteiger partial charge in [-0.3, -0.25) is 0 Å². The van der Waals surface area contributed by atoms with Gasteiger partial charge in [-0.15, -0.1) is 0 Å². The maximum atomic E-state index is 2.36. The van der Waals surface area contributed by atoms with E-state index < -0.39 is 0 Å². The van der Waals surface area contributed by atoms with Gasteiger partial charge in [-0.2, -0.15) is 0 Å². The molecule has 0 spiro atoms. The lowest BCUT2D eigenvalue weighted by Gasteiger charge is -1.94. The summed E-state index contributed by atoms with van der Waals surface area (Å²) in [5.41, 5.74) is 0. The first-order valence-corrected chi connectivity index (χ1v) is 7.21. The highest BCUT2D eigenvalue weighted by atomic mass is 13.9. The molecule has 0 atom stereocenters. The Labute approximate surface area is 103 Å². The maximum absolute atomic E-state index is 2.36. The molecule has 0 rings (SSSR count). The van der Waals surface area contributed by atoms with E-state index >= 15 is 0 Å². The molecule has 0 fully saturated rings. The predicted molar refractivity (Wildman–Crippen MR) is 75.8 cm³/mol. The lowest BCUT2D eigenvalue weighted by atomic mass is 10.1. The zero-order valence-corrected chi connectivity index (χ0v) is 11.4. The van der Waals surface area contributed by atoms with Crippen LogP contribution in [0.3, 0.4) is 0 Å². The zero-order valence-electron chi connectivity index (χ0n) is 11.4. The second-order valence-electron chi connectivity index (χ2n) is 4.51. The van der Waals surface area contributed by atoms with Gasteiger partial charge in [0.15, 0.2) is 0 Å². The molecule has 94 valence electrons. The normalized spacial score (nSPS) is 11.9. The van der Waals surface area contributed by atoms with Crippen LogP contribution in [0.2, 0.25) is 0 Å². The Balaban J connectivity index is 3.12. The molecule has 0 aromatic carbocycles. The molecule has 16 heavy (non-hydrogen) atoms. The van der Waals surface area contributed by atoms with Crippen molar-refractivity contribution in [3.8, 4) is 0 Å². The average molecular weight is 222 g/mol. The van der Waals surface area contributed by atoms with Crippen molar-refractivity contribution in [3.63, 3.8) is 0 Å². The van der Waals surface area contributed by atoms with Crippen molar-refractivity contribution in [2.75, 3.05) is 0 Å². The average Bonchev–Trinajstić information content (AvgIpc) is 2.31. The van der Waals surface area contributed by atoms with Crippen molar-refractivity contribution in [1.29, 1.82) is 0 Å². The molecular formula is C16H30. The van der Waals surface area contributed by atoms with Gasteiger partial charge >= 0.3 is 0 Å². The number of allylic oxidation sites excluding steroid dienone is 4. The Morgan fingerprint density at radius 2 is 1.00 bits per heavy atom. The van der Waals surface area contributed by atoms with Gasteiger partial charge in [0.1, 0.15) is 0 Å². The van der Waals surface area contributed by atoms with Crippen molar-refractivity contribution in [3.05, 3.63) is 24.3 Å². The van der Waals surface area contributed by atoms with E-state index in [0.29, 0.717) is 0 Å². The van der Waals surface area contributed by atoms with Crippen LogP contribution in [-0.2, 0) is 0 Å². The molecule has 0 aromatic heterocycles. The van der Waals surface area contributed by atoms with E-state index in [1.807, 2.05) is 0 Å². The van der Waals surface area contributed by atoms with Crippen LogP contribution in [0.5, 0.6) is 0 Å². The standard InChI is InChI=1S/C16H30/c1-3-5-7-9-11-13-15-16-14-12-10-8-6-4-2/h9,11,14,16H,3-8,10,12-13,15H2,1-2H3/b11-9?,16-14-. The molecule has 0 N–H and O–H groups in total. The highest BCUT2D eigenvalue weighted by Gasteiger charge is 1.84. The van der Waals surface area contributed by atoms with Crippen LogP contribution >= 0.6 is 0 Å². The molecule has 0 aromatic rings. The van der Waals surface area contributed by atoms with Gasteiger partial charge in [0.25, 0.3) is 0 Å². The molecule has 0 heterocycles. The van der Waals surface area contributed by atoms with Crippen LogP contribution in [0.15, 0.2) is 24.3 Å². The second kappa shape index (κ2) is 14.5. The highest BCUT2D eigenvalue weighted by molar-refractivity contribution is 4.87. The largest absolute Gasteiger partial charge is 0.0885 e. The first-order valence-electron chi connectivity index (χ1n) is 7.21. The number of unbranched alkanes of at least 4 members (excludes halogenated alkanes) is 7. The summed E-state index contributed by atoms with van der Waals surface area (Å²) in [4.78, 5) is 0. The molecule has 0 aliphatic rings. The number of hydrogen-bond acceptors (Lipinski definition) is 0. The summed E-state index contributed by atoms with van der Waals surface area (Å²) < 4.78 is 0. The number of rotatable bonds is 11. The molecule has 0 nitrogen and oxygen atoms in total. The Kier molecular flexibility index (Phi) is 14.0. The van der Waals surface area contributed by atoms with E-state index in [9.17, 15) is 0 Å². The van der Waals surface area contributed by atoms with Gasteiger partial charge in [0.2, 0.25) is 0 Å². The third-order valence-corrected chi connectivity index (χ3v) is 2.78. The second-order valence-corrected chi connectivity index (χ2v) is 4.51.